The number of rotatable bonds is 4. The number of hydrogen-bond acceptors (Lipinski definition) is 3. The molecule has 5 heteroatoms. The summed E-state index contributed by atoms with van der Waals surface area (Å²) < 4.78 is 2.45. The Bertz CT molecular complexity index is 968. The van der Waals surface area contributed by atoms with Crippen LogP contribution in [0.25, 0.3) is 11.0 Å². The summed E-state index contributed by atoms with van der Waals surface area (Å²) in [5.74, 6) is 1.97. The summed E-state index contributed by atoms with van der Waals surface area (Å²) in [7, 11) is 0. The van der Waals surface area contributed by atoms with Gasteiger partial charge in [0.2, 0.25) is 5.95 Å². The lowest BCUT2D eigenvalue weighted by Crippen LogP contribution is -2.47. The van der Waals surface area contributed by atoms with Gasteiger partial charge in [-0.05, 0) is 55.5 Å². The fourth-order valence-electron chi connectivity index (χ4n) is 4.11. The van der Waals surface area contributed by atoms with Crippen LogP contribution in [0.5, 0.6) is 0 Å². The lowest BCUT2D eigenvalue weighted by Gasteiger charge is -2.37. The molecule has 27 heavy (non-hydrogen) atoms. The van der Waals surface area contributed by atoms with Crippen molar-refractivity contribution < 1.29 is 0 Å². The first kappa shape index (κ1) is 16.9. The van der Waals surface area contributed by atoms with Crippen LogP contribution < -0.4 is 9.80 Å². The standard InChI is InChI=1S/C22H25ClN4/c1-16-6-9-18(23)14-21(16)25-10-12-26(13-11-25)22-24-19-4-2-3-5-20(19)27(22)15-17-7-8-17/h2-6,9,14,17H,7-8,10-13,15H2,1H3. The largest absolute Gasteiger partial charge is 0.368 e. The zero-order chi connectivity index (χ0) is 18.4. The van der Waals surface area contributed by atoms with Crippen molar-refractivity contribution in [2.75, 3.05) is 36.0 Å². The van der Waals surface area contributed by atoms with E-state index in [1.54, 1.807) is 0 Å². The van der Waals surface area contributed by atoms with Gasteiger partial charge in [-0.2, -0.15) is 0 Å². The minimum Gasteiger partial charge on any atom is -0.368 e. The summed E-state index contributed by atoms with van der Waals surface area (Å²) in [4.78, 5) is 9.90. The highest BCUT2D eigenvalue weighted by Crippen LogP contribution is 2.34. The number of imidazole rings is 1. The van der Waals surface area contributed by atoms with Gasteiger partial charge in [0.15, 0.2) is 0 Å². The van der Waals surface area contributed by atoms with Crippen LogP contribution in [-0.2, 0) is 6.54 Å². The second-order valence-electron chi connectivity index (χ2n) is 7.86. The topological polar surface area (TPSA) is 24.3 Å². The third kappa shape index (κ3) is 3.27. The highest BCUT2D eigenvalue weighted by molar-refractivity contribution is 6.30. The highest BCUT2D eigenvalue weighted by atomic mass is 35.5. The van der Waals surface area contributed by atoms with Gasteiger partial charge in [0.25, 0.3) is 0 Å². The molecule has 0 atom stereocenters. The van der Waals surface area contributed by atoms with Gasteiger partial charge in [-0.1, -0.05) is 29.8 Å². The maximum absolute atomic E-state index is 6.23. The van der Waals surface area contributed by atoms with Gasteiger partial charge in [0.1, 0.15) is 0 Å². The molecule has 1 aliphatic heterocycles. The van der Waals surface area contributed by atoms with Crippen molar-refractivity contribution in [2.24, 2.45) is 5.92 Å². The third-order valence-corrected chi connectivity index (χ3v) is 6.08. The van der Waals surface area contributed by atoms with Crippen molar-refractivity contribution in [2.45, 2.75) is 26.3 Å². The van der Waals surface area contributed by atoms with Crippen LogP contribution >= 0.6 is 11.6 Å². The van der Waals surface area contributed by atoms with Crippen molar-refractivity contribution in [1.82, 2.24) is 9.55 Å². The Labute approximate surface area is 165 Å². The summed E-state index contributed by atoms with van der Waals surface area (Å²) in [6.07, 6.45) is 2.71. The van der Waals surface area contributed by atoms with Gasteiger partial charge in [-0.25, -0.2) is 4.98 Å². The average Bonchev–Trinajstić information content (AvgIpc) is 3.44. The van der Waals surface area contributed by atoms with E-state index in [2.05, 4.69) is 57.7 Å². The molecule has 1 aliphatic carbocycles. The third-order valence-electron chi connectivity index (χ3n) is 5.85. The monoisotopic (exact) mass is 380 g/mol. The van der Waals surface area contributed by atoms with E-state index in [1.165, 1.54) is 29.6 Å². The van der Waals surface area contributed by atoms with Gasteiger partial charge in [-0.15, -0.1) is 0 Å². The summed E-state index contributed by atoms with van der Waals surface area (Å²) in [5.41, 5.74) is 4.93. The van der Waals surface area contributed by atoms with Crippen molar-refractivity contribution in [3.63, 3.8) is 0 Å². The Morgan fingerprint density at radius 3 is 2.52 bits per heavy atom. The fraction of sp³-hybridized carbons (Fsp3) is 0.409. The maximum atomic E-state index is 6.23. The number of nitrogens with zero attached hydrogens (tertiary/aromatic N) is 4. The van der Waals surface area contributed by atoms with E-state index >= 15 is 0 Å². The number of para-hydroxylation sites is 2. The van der Waals surface area contributed by atoms with Gasteiger partial charge in [-0.3, -0.25) is 0 Å². The van der Waals surface area contributed by atoms with Crippen LogP contribution in [0.15, 0.2) is 42.5 Å². The Morgan fingerprint density at radius 1 is 1.00 bits per heavy atom. The SMILES string of the molecule is Cc1ccc(Cl)cc1N1CCN(c2nc3ccccc3n2CC2CC2)CC1. The van der Waals surface area contributed by atoms with Crippen LogP contribution in [0.3, 0.4) is 0 Å². The lowest BCUT2D eigenvalue weighted by atomic mass is 10.1. The molecule has 2 heterocycles. The van der Waals surface area contributed by atoms with Crippen molar-refractivity contribution in [3.8, 4) is 0 Å². The molecule has 4 nitrogen and oxygen atoms in total. The molecule has 5 rings (SSSR count). The molecule has 0 spiro atoms. The van der Waals surface area contributed by atoms with Gasteiger partial charge >= 0.3 is 0 Å². The van der Waals surface area contributed by atoms with Gasteiger partial charge in [0, 0.05) is 43.4 Å². The predicted octanol–water partition coefficient (Wildman–Crippen LogP) is 4.73. The predicted molar refractivity (Wildman–Crippen MR) is 113 cm³/mol. The Kier molecular flexibility index (Phi) is 4.24. The van der Waals surface area contributed by atoms with Crippen LogP contribution in [0.4, 0.5) is 11.6 Å². The van der Waals surface area contributed by atoms with E-state index in [9.17, 15) is 0 Å². The fourth-order valence-corrected chi connectivity index (χ4v) is 4.28. The van der Waals surface area contributed by atoms with E-state index in [-0.39, 0.29) is 0 Å². The second kappa shape index (κ2) is 6.75. The molecular weight excluding hydrogens is 356 g/mol. The van der Waals surface area contributed by atoms with E-state index < -0.39 is 0 Å². The van der Waals surface area contributed by atoms with Crippen molar-refractivity contribution in [1.29, 1.82) is 0 Å². The zero-order valence-corrected chi connectivity index (χ0v) is 16.5. The molecule has 3 aromatic rings. The molecule has 2 aliphatic rings. The molecule has 0 unspecified atom stereocenters. The number of benzene rings is 2. The number of halogens is 1. The minimum absolute atomic E-state index is 0.809. The van der Waals surface area contributed by atoms with Gasteiger partial charge in [0.05, 0.1) is 11.0 Å². The highest BCUT2D eigenvalue weighted by Gasteiger charge is 2.27. The van der Waals surface area contributed by atoms with E-state index in [4.69, 9.17) is 16.6 Å². The number of aromatic nitrogens is 2. The van der Waals surface area contributed by atoms with E-state index in [0.29, 0.717) is 0 Å². The Balaban J connectivity index is 1.40. The number of piperazine rings is 1. The maximum Gasteiger partial charge on any atom is 0.206 e. The van der Waals surface area contributed by atoms with E-state index in [0.717, 1.165) is 55.1 Å². The number of fused-ring (bicyclic) bond motifs is 1. The van der Waals surface area contributed by atoms with Gasteiger partial charge < -0.3 is 14.4 Å². The van der Waals surface area contributed by atoms with Crippen molar-refractivity contribution in [3.05, 3.63) is 53.1 Å². The van der Waals surface area contributed by atoms with Crippen LogP contribution in [0.1, 0.15) is 18.4 Å². The lowest BCUT2D eigenvalue weighted by molar-refractivity contribution is 0.592. The second-order valence-corrected chi connectivity index (χ2v) is 8.30. The molecular formula is C22H25ClN4. The number of aryl methyl sites for hydroxylation is 1. The molecule has 1 aromatic heterocycles. The molecule has 0 radical (unpaired) electrons. The van der Waals surface area contributed by atoms with E-state index in [1.807, 2.05) is 6.07 Å². The number of anilines is 2. The molecule has 0 amide bonds. The summed E-state index contributed by atoms with van der Waals surface area (Å²) in [6.45, 7) is 7.22. The quantitative estimate of drug-likeness (QED) is 0.653. The molecule has 0 N–H and O–H groups in total. The Morgan fingerprint density at radius 2 is 1.74 bits per heavy atom. The zero-order valence-electron chi connectivity index (χ0n) is 15.7. The van der Waals surface area contributed by atoms with Crippen LogP contribution in [0, 0.1) is 12.8 Å². The smallest absolute Gasteiger partial charge is 0.206 e. The van der Waals surface area contributed by atoms with Crippen molar-refractivity contribution >= 4 is 34.3 Å². The molecule has 2 fully saturated rings. The summed E-state index contributed by atoms with van der Waals surface area (Å²) >= 11 is 6.23. The first-order chi connectivity index (χ1) is 13.2. The summed E-state index contributed by atoms with van der Waals surface area (Å²) in [6, 6.07) is 14.7. The molecule has 140 valence electrons. The molecule has 0 bridgehead atoms. The average molecular weight is 381 g/mol. The van der Waals surface area contributed by atoms with Crippen LogP contribution in [-0.4, -0.2) is 35.7 Å². The van der Waals surface area contributed by atoms with Crippen LogP contribution in [0.2, 0.25) is 5.02 Å². The normalized spacial score (nSPS) is 17.7. The molecule has 2 aromatic carbocycles. The first-order valence-corrected chi connectivity index (χ1v) is 10.3. The summed E-state index contributed by atoms with van der Waals surface area (Å²) in [5, 5.41) is 0.809. The molecule has 1 saturated heterocycles. The minimum atomic E-state index is 0.809. The number of hydrogen-bond donors (Lipinski definition) is 0. The molecule has 1 saturated carbocycles. The Hall–Kier alpha value is -2.20. The first-order valence-electron chi connectivity index (χ1n) is 9.90.